The predicted octanol–water partition coefficient (Wildman–Crippen LogP) is 1.79. The molecule has 1 N–H and O–H groups in total. The van der Waals surface area contributed by atoms with Crippen molar-refractivity contribution < 1.29 is 0 Å². The lowest BCUT2D eigenvalue weighted by atomic mass is 10.2. The molecule has 0 aliphatic heterocycles. The van der Waals surface area contributed by atoms with Crippen LogP contribution in [-0.2, 0) is 6.54 Å². The van der Waals surface area contributed by atoms with Gasteiger partial charge in [-0.25, -0.2) is 4.68 Å². The number of H-pyrrole nitrogens is 1. The number of nitrogens with zero attached hydrogens (tertiary/aromatic N) is 1. The van der Waals surface area contributed by atoms with Gasteiger partial charge >= 0.3 is 0 Å². The third-order valence-corrected chi connectivity index (χ3v) is 3.24. The molecule has 0 spiro atoms. The average molecular weight is 264 g/mol. The predicted molar refractivity (Wildman–Crippen MR) is 76.5 cm³/mol. The van der Waals surface area contributed by atoms with E-state index in [9.17, 15) is 9.59 Å². The number of unbranched alkanes of at least 4 members (excludes halogenated alkanes) is 2. The third-order valence-electron chi connectivity index (χ3n) is 2.92. The second kappa shape index (κ2) is 5.91. The van der Waals surface area contributed by atoms with E-state index in [1.807, 2.05) is 0 Å². The number of hydrogen-bond acceptors (Lipinski definition) is 3. The van der Waals surface area contributed by atoms with Gasteiger partial charge in [0.2, 0.25) is 0 Å². The summed E-state index contributed by atoms with van der Waals surface area (Å²) in [5.41, 5.74) is -0.338. The van der Waals surface area contributed by atoms with Crippen LogP contribution in [0.1, 0.15) is 19.3 Å². The third kappa shape index (κ3) is 2.67. The molecular formula is C13H16N2O2S. The molecule has 0 aliphatic rings. The molecule has 4 nitrogen and oxygen atoms in total. The van der Waals surface area contributed by atoms with Crippen LogP contribution in [0.4, 0.5) is 0 Å². The second-order valence-corrected chi connectivity index (χ2v) is 4.67. The first-order valence-electron chi connectivity index (χ1n) is 6.07. The first-order valence-corrected chi connectivity index (χ1v) is 6.70. The number of aromatic amines is 1. The van der Waals surface area contributed by atoms with Crippen molar-refractivity contribution in [1.82, 2.24) is 9.78 Å². The Hall–Kier alpha value is -1.49. The van der Waals surface area contributed by atoms with Crippen LogP contribution in [0.5, 0.6) is 0 Å². The first-order chi connectivity index (χ1) is 8.74. The molecule has 0 bridgehead atoms. The zero-order chi connectivity index (χ0) is 13.0. The Bertz CT molecular complexity index is 645. The van der Waals surface area contributed by atoms with Crippen LogP contribution < -0.4 is 11.1 Å². The van der Waals surface area contributed by atoms with Crippen molar-refractivity contribution in [3.63, 3.8) is 0 Å². The van der Waals surface area contributed by atoms with Gasteiger partial charge in [0.15, 0.2) is 0 Å². The molecule has 1 heterocycles. The molecule has 1 aromatic carbocycles. The first kappa shape index (κ1) is 13.0. The highest BCUT2D eigenvalue weighted by atomic mass is 32.1. The van der Waals surface area contributed by atoms with E-state index in [1.165, 1.54) is 4.68 Å². The molecule has 0 fully saturated rings. The molecule has 0 saturated heterocycles. The molecule has 0 amide bonds. The number of fused-ring (bicyclic) bond motifs is 1. The lowest BCUT2D eigenvalue weighted by Crippen LogP contribution is -2.29. The quantitative estimate of drug-likeness (QED) is 0.639. The summed E-state index contributed by atoms with van der Waals surface area (Å²) in [5.74, 6) is 0.850. The minimum Gasteiger partial charge on any atom is -0.267 e. The summed E-state index contributed by atoms with van der Waals surface area (Å²) >= 11 is 4.14. The largest absolute Gasteiger partial charge is 0.273 e. The molecule has 5 heteroatoms. The van der Waals surface area contributed by atoms with E-state index < -0.39 is 0 Å². The fraction of sp³-hybridized carbons (Fsp3) is 0.385. The van der Waals surface area contributed by atoms with Crippen LogP contribution in [0.3, 0.4) is 0 Å². The SMILES string of the molecule is O=c1[nH]n(CCCCCS)c(=O)c2ccccc12. The van der Waals surface area contributed by atoms with E-state index in [-0.39, 0.29) is 11.1 Å². The van der Waals surface area contributed by atoms with Gasteiger partial charge in [-0.15, -0.1) is 0 Å². The van der Waals surface area contributed by atoms with Gasteiger partial charge < -0.3 is 0 Å². The van der Waals surface area contributed by atoms with Gasteiger partial charge in [-0.3, -0.25) is 14.7 Å². The zero-order valence-corrected chi connectivity index (χ0v) is 11.0. The van der Waals surface area contributed by atoms with Crippen molar-refractivity contribution in [1.29, 1.82) is 0 Å². The second-order valence-electron chi connectivity index (χ2n) is 4.23. The van der Waals surface area contributed by atoms with Crippen LogP contribution in [0.15, 0.2) is 33.9 Å². The zero-order valence-electron chi connectivity index (χ0n) is 10.1. The molecule has 0 aliphatic carbocycles. The maximum absolute atomic E-state index is 12.1. The molecule has 0 saturated carbocycles. The Kier molecular flexibility index (Phi) is 4.25. The normalized spacial score (nSPS) is 10.9. The molecule has 2 aromatic rings. The minimum absolute atomic E-state index is 0.129. The fourth-order valence-corrected chi connectivity index (χ4v) is 2.19. The molecule has 0 radical (unpaired) electrons. The Balaban J connectivity index is 2.32. The standard InChI is InChI=1S/C13H16N2O2S/c16-12-10-6-2-3-7-11(10)13(17)15(14-12)8-4-1-5-9-18/h2-3,6-7,18H,1,4-5,8-9H2,(H,14,16). The van der Waals surface area contributed by atoms with E-state index in [1.54, 1.807) is 24.3 Å². The Morgan fingerprint density at radius 1 is 1.06 bits per heavy atom. The van der Waals surface area contributed by atoms with Crippen molar-refractivity contribution in [2.45, 2.75) is 25.8 Å². The van der Waals surface area contributed by atoms with Crippen molar-refractivity contribution in [2.24, 2.45) is 0 Å². The van der Waals surface area contributed by atoms with E-state index in [2.05, 4.69) is 17.7 Å². The maximum atomic E-state index is 12.1. The number of nitrogens with one attached hydrogen (secondary N) is 1. The molecule has 18 heavy (non-hydrogen) atoms. The molecule has 2 rings (SSSR count). The molecule has 1 aromatic heterocycles. The number of aryl methyl sites for hydroxylation is 1. The highest BCUT2D eigenvalue weighted by Crippen LogP contribution is 2.03. The van der Waals surface area contributed by atoms with Crippen LogP contribution in [0.2, 0.25) is 0 Å². The lowest BCUT2D eigenvalue weighted by Gasteiger charge is -2.06. The number of aromatic nitrogens is 2. The molecular weight excluding hydrogens is 248 g/mol. The van der Waals surface area contributed by atoms with E-state index in [4.69, 9.17) is 0 Å². The van der Waals surface area contributed by atoms with Gasteiger partial charge in [0, 0.05) is 6.54 Å². The minimum atomic E-state index is -0.209. The molecule has 96 valence electrons. The van der Waals surface area contributed by atoms with Crippen molar-refractivity contribution in [2.75, 3.05) is 5.75 Å². The summed E-state index contributed by atoms with van der Waals surface area (Å²) in [6.07, 6.45) is 2.90. The Labute approximate surface area is 110 Å². The summed E-state index contributed by atoms with van der Waals surface area (Å²) in [5, 5.41) is 3.56. The van der Waals surface area contributed by atoms with Gasteiger partial charge in [-0.05, 0) is 30.7 Å². The number of benzene rings is 1. The van der Waals surface area contributed by atoms with Crippen LogP contribution >= 0.6 is 12.6 Å². The number of rotatable bonds is 5. The monoisotopic (exact) mass is 264 g/mol. The molecule has 0 atom stereocenters. The molecule has 0 unspecified atom stereocenters. The van der Waals surface area contributed by atoms with Gasteiger partial charge in [-0.1, -0.05) is 18.6 Å². The summed E-state index contributed by atoms with van der Waals surface area (Å²) in [6, 6.07) is 6.89. The van der Waals surface area contributed by atoms with E-state index in [0.29, 0.717) is 17.3 Å². The van der Waals surface area contributed by atoms with Gasteiger partial charge in [-0.2, -0.15) is 12.6 Å². The van der Waals surface area contributed by atoms with Gasteiger partial charge in [0.25, 0.3) is 11.1 Å². The topological polar surface area (TPSA) is 54.9 Å². The highest BCUT2D eigenvalue weighted by molar-refractivity contribution is 7.80. The summed E-state index contributed by atoms with van der Waals surface area (Å²) in [6.45, 7) is 0.548. The maximum Gasteiger partial charge on any atom is 0.273 e. The Morgan fingerprint density at radius 3 is 2.50 bits per heavy atom. The van der Waals surface area contributed by atoms with Gasteiger partial charge in [0.1, 0.15) is 0 Å². The van der Waals surface area contributed by atoms with Gasteiger partial charge in [0.05, 0.1) is 10.8 Å². The van der Waals surface area contributed by atoms with E-state index >= 15 is 0 Å². The summed E-state index contributed by atoms with van der Waals surface area (Å²) in [4.78, 5) is 23.9. The Morgan fingerprint density at radius 2 is 1.78 bits per heavy atom. The van der Waals surface area contributed by atoms with Crippen molar-refractivity contribution in [3.05, 3.63) is 45.0 Å². The van der Waals surface area contributed by atoms with Crippen LogP contribution in [0.25, 0.3) is 10.8 Å². The lowest BCUT2D eigenvalue weighted by molar-refractivity contribution is 0.528. The summed E-state index contributed by atoms with van der Waals surface area (Å²) in [7, 11) is 0. The highest BCUT2D eigenvalue weighted by Gasteiger charge is 2.05. The average Bonchev–Trinajstić information content (AvgIpc) is 2.40. The smallest absolute Gasteiger partial charge is 0.267 e. The fourth-order valence-electron chi connectivity index (χ4n) is 1.96. The van der Waals surface area contributed by atoms with Crippen molar-refractivity contribution >= 4 is 23.4 Å². The number of hydrogen-bond donors (Lipinski definition) is 2. The van der Waals surface area contributed by atoms with Crippen LogP contribution in [-0.4, -0.2) is 15.5 Å². The summed E-state index contributed by atoms with van der Waals surface area (Å²) < 4.78 is 1.41. The number of thiol groups is 1. The van der Waals surface area contributed by atoms with Crippen LogP contribution in [0, 0.1) is 0 Å². The van der Waals surface area contributed by atoms with E-state index in [0.717, 1.165) is 25.0 Å². The van der Waals surface area contributed by atoms with Crippen molar-refractivity contribution in [3.8, 4) is 0 Å².